The maximum absolute atomic E-state index is 13.2. The van der Waals surface area contributed by atoms with Crippen LogP contribution in [0, 0.1) is 13.8 Å². The summed E-state index contributed by atoms with van der Waals surface area (Å²) in [6, 6.07) is 11.4. The van der Waals surface area contributed by atoms with Crippen LogP contribution in [0.5, 0.6) is 0 Å². The molecule has 1 fully saturated rings. The van der Waals surface area contributed by atoms with Crippen molar-refractivity contribution in [3.8, 4) is 0 Å². The molecule has 0 radical (unpaired) electrons. The second-order valence-corrected chi connectivity index (χ2v) is 7.86. The van der Waals surface area contributed by atoms with Gasteiger partial charge in [0.1, 0.15) is 11.1 Å². The van der Waals surface area contributed by atoms with E-state index in [1.165, 1.54) is 6.07 Å². The average Bonchev–Trinajstić information content (AvgIpc) is 2.87. The van der Waals surface area contributed by atoms with Crippen LogP contribution < -0.4 is 10.9 Å². The number of amides is 3. The van der Waals surface area contributed by atoms with Gasteiger partial charge in [-0.25, -0.2) is 9.59 Å². The van der Waals surface area contributed by atoms with Gasteiger partial charge in [0.15, 0.2) is 0 Å². The lowest BCUT2D eigenvalue weighted by Crippen LogP contribution is -2.41. The quantitative estimate of drug-likeness (QED) is 0.522. The highest BCUT2D eigenvalue weighted by molar-refractivity contribution is 6.32. The predicted octanol–water partition coefficient (Wildman–Crippen LogP) is 4.03. The van der Waals surface area contributed by atoms with Crippen molar-refractivity contribution < 1.29 is 14.0 Å². The minimum atomic E-state index is -1.28. The Morgan fingerprint density at radius 2 is 1.76 bits per heavy atom. The van der Waals surface area contributed by atoms with E-state index in [9.17, 15) is 14.4 Å². The second kappa shape index (κ2) is 6.74. The van der Waals surface area contributed by atoms with Crippen LogP contribution in [0.2, 0.25) is 5.02 Å². The molecule has 3 aromatic rings. The number of nitrogens with zero attached hydrogens (tertiary/aromatic N) is 1. The lowest BCUT2D eigenvalue weighted by Gasteiger charge is -2.23. The van der Waals surface area contributed by atoms with Crippen LogP contribution >= 0.6 is 11.6 Å². The number of hydrogen-bond donors (Lipinski definition) is 1. The number of halogens is 1. The third-order valence-corrected chi connectivity index (χ3v) is 5.79. The highest BCUT2D eigenvalue weighted by atomic mass is 35.5. The lowest BCUT2D eigenvalue weighted by molar-refractivity contribution is -0.131. The highest BCUT2D eigenvalue weighted by Gasteiger charge is 2.49. The smallest absolute Gasteiger partial charge is 0.336 e. The number of fused-ring (bicyclic) bond motifs is 1. The first-order valence-corrected chi connectivity index (χ1v) is 9.51. The van der Waals surface area contributed by atoms with Gasteiger partial charge in [-0.3, -0.25) is 9.69 Å². The molecule has 0 saturated carbocycles. The van der Waals surface area contributed by atoms with Gasteiger partial charge in [0.2, 0.25) is 0 Å². The summed E-state index contributed by atoms with van der Waals surface area (Å²) in [5.41, 5.74) is 1.69. The van der Waals surface area contributed by atoms with Crippen molar-refractivity contribution in [2.75, 3.05) is 0 Å². The van der Waals surface area contributed by atoms with Crippen LogP contribution in [0.25, 0.3) is 11.0 Å². The van der Waals surface area contributed by atoms with Gasteiger partial charge in [-0.05, 0) is 55.7 Å². The highest BCUT2D eigenvalue weighted by Crippen LogP contribution is 2.34. The Bertz CT molecular complexity index is 1230. The van der Waals surface area contributed by atoms with E-state index in [0.717, 1.165) is 16.0 Å². The first-order valence-electron chi connectivity index (χ1n) is 9.14. The maximum Gasteiger partial charge on any atom is 0.336 e. The van der Waals surface area contributed by atoms with Gasteiger partial charge < -0.3 is 9.73 Å². The molecule has 2 heterocycles. The third kappa shape index (κ3) is 3.09. The first kappa shape index (κ1) is 19.2. The van der Waals surface area contributed by atoms with Gasteiger partial charge in [-0.1, -0.05) is 29.8 Å². The molecule has 1 N–H and O–H groups in total. The molecular formula is C22H19ClN2O4. The number of carbonyl (C=O) groups excluding carboxylic acids is 2. The number of hydrogen-bond acceptors (Lipinski definition) is 4. The van der Waals surface area contributed by atoms with E-state index in [1.807, 2.05) is 19.9 Å². The Kier molecular flexibility index (Phi) is 4.46. The average molecular weight is 411 g/mol. The molecule has 2 aromatic carbocycles. The molecule has 0 aliphatic carbocycles. The molecule has 1 aliphatic heterocycles. The Hall–Kier alpha value is -3.12. The maximum atomic E-state index is 13.2. The molecule has 3 amide bonds. The van der Waals surface area contributed by atoms with E-state index in [0.29, 0.717) is 27.1 Å². The second-order valence-electron chi connectivity index (χ2n) is 7.45. The van der Waals surface area contributed by atoms with Crippen LogP contribution in [0.1, 0.15) is 29.2 Å². The Labute approximate surface area is 172 Å². The van der Waals surface area contributed by atoms with Crippen molar-refractivity contribution in [1.82, 2.24) is 10.2 Å². The molecule has 0 bridgehead atoms. The van der Waals surface area contributed by atoms with Gasteiger partial charge in [-0.15, -0.1) is 0 Å². The van der Waals surface area contributed by atoms with Gasteiger partial charge >= 0.3 is 11.7 Å². The van der Waals surface area contributed by atoms with Crippen LogP contribution in [0.4, 0.5) is 4.79 Å². The molecule has 1 aromatic heterocycles. The van der Waals surface area contributed by atoms with Crippen molar-refractivity contribution in [3.05, 3.63) is 80.2 Å². The summed E-state index contributed by atoms with van der Waals surface area (Å²) in [5, 5.41) is 3.83. The number of imide groups is 1. The molecule has 1 atom stereocenters. The molecule has 148 valence electrons. The Morgan fingerprint density at radius 3 is 2.48 bits per heavy atom. The molecule has 6 nitrogen and oxygen atoms in total. The fraction of sp³-hybridized carbons (Fsp3) is 0.227. The number of nitrogens with one attached hydrogen (secondary N) is 1. The van der Waals surface area contributed by atoms with E-state index in [1.54, 1.807) is 37.3 Å². The van der Waals surface area contributed by atoms with Crippen molar-refractivity contribution in [3.63, 3.8) is 0 Å². The van der Waals surface area contributed by atoms with E-state index in [2.05, 4.69) is 5.32 Å². The standard InChI is InChI=1S/C22H19ClN2O4/c1-12-8-15-14(10-19(26)29-18(15)9-13(12)2)11-25-20(27)22(3,24-21(25)28)16-6-4-5-7-17(16)23/h4-10H,11H2,1-3H3,(H,24,28). The SMILES string of the molecule is Cc1cc2oc(=O)cc(CN3C(=O)NC(C)(c4ccccc4Cl)C3=O)c2cc1C. The molecular weight excluding hydrogens is 392 g/mol. The number of urea groups is 1. The van der Waals surface area contributed by atoms with Gasteiger partial charge in [0, 0.05) is 22.0 Å². The zero-order valence-electron chi connectivity index (χ0n) is 16.2. The fourth-order valence-electron chi connectivity index (χ4n) is 3.67. The summed E-state index contributed by atoms with van der Waals surface area (Å²) in [6.07, 6.45) is 0. The zero-order chi connectivity index (χ0) is 20.9. The zero-order valence-corrected chi connectivity index (χ0v) is 17.0. The molecule has 1 aliphatic rings. The summed E-state index contributed by atoms with van der Waals surface area (Å²) < 4.78 is 5.31. The van der Waals surface area contributed by atoms with Crippen LogP contribution in [0.15, 0.2) is 51.7 Å². The molecule has 4 rings (SSSR count). The number of rotatable bonds is 3. The van der Waals surface area contributed by atoms with Crippen LogP contribution in [-0.4, -0.2) is 16.8 Å². The molecule has 0 spiro atoms. The van der Waals surface area contributed by atoms with Crippen molar-refractivity contribution >= 4 is 34.5 Å². The van der Waals surface area contributed by atoms with Crippen molar-refractivity contribution in [2.24, 2.45) is 0 Å². The summed E-state index contributed by atoms with van der Waals surface area (Å²) in [4.78, 5) is 39.0. The normalized spacial score (nSPS) is 19.1. The summed E-state index contributed by atoms with van der Waals surface area (Å²) >= 11 is 6.27. The number of carbonyl (C=O) groups is 2. The van der Waals surface area contributed by atoms with E-state index >= 15 is 0 Å². The van der Waals surface area contributed by atoms with Gasteiger partial charge in [0.05, 0.1) is 6.54 Å². The lowest BCUT2D eigenvalue weighted by atomic mass is 9.92. The third-order valence-electron chi connectivity index (χ3n) is 5.46. The summed E-state index contributed by atoms with van der Waals surface area (Å²) in [5.74, 6) is -0.430. The molecule has 1 saturated heterocycles. The van der Waals surface area contributed by atoms with Crippen LogP contribution in [0.3, 0.4) is 0 Å². The molecule has 7 heteroatoms. The van der Waals surface area contributed by atoms with Crippen molar-refractivity contribution in [2.45, 2.75) is 32.9 Å². The topological polar surface area (TPSA) is 79.6 Å². The number of benzene rings is 2. The van der Waals surface area contributed by atoms with E-state index in [4.69, 9.17) is 16.0 Å². The van der Waals surface area contributed by atoms with E-state index in [-0.39, 0.29) is 6.54 Å². The minimum absolute atomic E-state index is 0.0463. The van der Waals surface area contributed by atoms with E-state index < -0.39 is 23.1 Å². The summed E-state index contributed by atoms with van der Waals surface area (Å²) in [6.45, 7) is 5.45. The monoisotopic (exact) mass is 410 g/mol. The van der Waals surface area contributed by atoms with Crippen LogP contribution in [-0.2, 0) is 16.9 Å². The molecule has 29 heavy (non-hydrogen) atoms. The van der Waals surface area contributed by atoms with Gasteiger partial charge in [0.25, 0.3) is 5.91 Å². The van der Waals surface area contributed by atoms with Gasteiger partial charge in [-0.2, -0.15) is 0 Å². The molecule has 1 unspecified atom stereocenters. The predicted molar refractivity (Wildman–Crippen MR) is 110 cm³/mol. The Balaban J connectivity index is 1.77. The Morgan fingerprint density at radius 1 is 1.07 bits per heavy atom. The van der Waals surface area contributed by atoms with Crippen molar-refractivity contribution in [1.29, 1.82) is 0 Å². The first-order chi connectivity index (χ1) is 13.7. The number of aryl methyl sites for hydroxylation is 2. The minimum Gasteiger partial charge on any atom is -0.423 e. The largest absolute Gasteiger partial charge is 0.423 e. The summed E-state index contributed by atoms with van der Waals surface area (Å²) in [7, 11) is 0. The fourth-order valence-corrected chi connectivity index (χ4v) is 4.00.